The number of carbonyl (C=O) groups is 3. The molecule has 0 aliphatic carbocycles. The van der Waals surface area contributed by atoms with E-state index in [-0.39, 0.29) is 18.0 Å². The minimum atomic E-state index is -1.05. The molecule has 0 aromatic heterocycles. The lowest BCUT2D eigenvalue weighted by Crippen LogP contribution is -2.30. The molecular weight excluding hydrogens is 353 g/mol. The Hall–Kier alpha value is -3.22. The Morgan fingerprint density at radius 2 is 1.89 bits per heavy atom. The SMILES string of the molecule is COc1ccc(CC(=O)O[C@H](C)C(=O)Nc2cccc(C(C)=O)c2)cc1F. The van der Waals surface area contributed by atoms with Gasteiger partial charge in [0.2, 0.25) is 0 Å². The summed E-state index contributed by atoms with van der Waals surface area (Å²) in [7, 11) is 1.35. The monoisotopic (exact) mass is 373 g/mol. The molecule has 2 aromatic rings. The number of esters is 1. The van der Waals surface area contributed by atoms with Crippen LogP contribution in [0.3, 0.4) is 0 Å². The molecule has 0 saturated carbocycles. The van der Waals surface area contributed by atoms with E-state index in [4.69, 9.17) is 9.47 Å². The van der Waals surface area contributed by atoms with Crippen molar-refractivity contribution in [3.8, 4) is 5.75 Å². The van der Waals surface area contributed by atoms with Crippen LogP contribution in [0.1, 0.15) is 29.8 Å². The lowest BCUT2D eigenvalue weighted by Gasteiger charge is -2.14. The largest absolute Gasteiger partial charge is 0.494 e. The van der Waals surface area contributed by atoms with Crippen molar-refractivity contribution in [2.45, 2.75) is 26.4 Å². The predicted molar refractivity (Wildman–Crippen MR) is 97.3 cm³/mol. The minimum absolute atomic E-state index is 0.0765. The number of Topliss-reactive ketones (excluding diaryl/α,β-unsaturated/α-hetero) is 1. The van der Waals surface area contributed by atoms with Crippen molar-refractivity contribution in [2.24, 2.45) is 0 Å². The summed E-state index contributed by atoms with van der Waals surface area (Å²) in [5.74, 6) is -1.84. The molecule has 0 aliphatic rings. The predicted octanol–water partition coefficient (Wildman–Crippen LogP) is 3.15. The number of carbonyl (C=O) groups excluding carboxylic acids is 3. The van der Waals surface area contributed by atoms with Crippen LogP contribution in [-0.4, -0.2) is 30.9 Å². The van der Waals surface area contributed by atoms with Crippen molar-refractivity contribution in [2.75, 3.05) is 12.4 Å². The van der Waals surface area contributed by atoms with Gasteiger partial charge in [-0.1, -0.05) is 18.2 Å². The molecule has 142 valence electrons. The highest BCUT2D eigenvalue weighted by Crippen LogP contribution is 2.18. The number of nitrogens with one attached hydrogen (secondary N) is 1. The Bertz CT molecular complexity index is 865. The lowest BCUT2D eigenvalue weighted by atomic mass is 10.1. The molecule has 7 heteroatoms. The number of halogens is 1. The van der Waals surface area contributed by atoms with Gasteiger partial charge >= 0.3 is 5.97 Å². The average molecular weight is 373 g/mol. The zero-order valence-corrected chi connectivity index (χ0v) is 15.2. The Morgan fingerprint density at radius 3 is 2.52 bits per heavy atom. The molecule has 2 rings (SSSR count). The number of hydrogen-bond donors (Lipinski definition) is 1. The molecule has 0 unspecified atom stereocenters. The molecule has 0 fully saturated rings. The molecule has 1 amide bonds. The fraction of sp³-hybridized carbons (Fsp3) is 0.250. The van der Waals surface area contributed by atoms with Gasteiger partial charge < -0.3 is 14.8 Å². The summed E-state index contributed by atoms with van der Waals surface area (Å²) in [5, 5.41) is 2.59. The summed E-state index contributed by atoms with van der Waals surface area (Å²) in [4.78, 5) is 35.5. The second-order valence-electron chi connectivity index (χ2n) is 5.90. The molecule has 0 spiro atoms. The number of methoxy groups -OCH3 is 1. The van der Waals surface area contributed by atoms with Gasteiger partial charge in [0.1, 0.15) is 0 Å². The van der Waals surface area contributed by atoms with Gasteiger partial charge in [0.05, 0.1) is 13.5 Å². The Labute approximate surface area is 156 Å². The average Bonchev–Trinajstić information content (AvgIpc) is 2.61. The zero-order valence-electron chi connectivity index (χ0n) is 15.2. The number of anilines is 1. The van der Waals surface area contributed by atoms with Crippen molar-refractivity contribution in [1.82, 2.24) is 0 Å². The van der Waals surface area contributed by atoms with Crippen LogP contribution in [0.15, 0.2) is 42.5 Å². The first-order valence-electron chi connectivity index (χ1n) is 8.24. The Morgan fingerprint density at radius 1 is 1.15 bits per heavy atom. The number of amides is 1. The van der Waals surface area contributed by atoms with Crippen LogP contribution >= 0.6 is 0 Å². The van der Waals surface area contributed by atoms with Crippen molar-refractivity contribution in [3.05, 3.63) is 59.4 Å². The van der Waals surface area contributed by atoms with E-state index in [0.717, 1.165) is 0 Å². The number of hydrogen-bond acceptors (Lipinski definition) is 5. The third-order valence-corrected chi connectivity index (χ3v) is 3.78. The second kappa shape index (κ2) is 8.93. The maximum absolute atomic E-state index is 13.7. The molecule has 1 atom stereocenters. The molecule has 6 nitrogen and oxygen atoms in total. The van der Waals surface area contributed by atoms with Gasteiger partial charge in [-0.15, -0.1) is 0 Å². The van der Waals surface area contributed by atoms with Crippen molar-refractivity contribution in [1.29, 1.82) is 0 Å². The quantitative estimate of drug-likeness (QED) is 0.596. The van der Waals surface area contributed by atoms with Gasteiger partial charge in [-0.2, -0.15) is 0 Å². The van der Waals surface area contributed by atoms with E-state index in [1.165, 1.54) is 39.2 Å². The van der Waals surface area contributed by atoms with Crippen LogP contribution in [-0.2, 0) is 20.7 Å². The maximum atomic E-state index is 13.7. The standard InChI is InChI=1S/C20H20FNO5/c1-12(23)15-5-4-6-16(11-15)22-20(25)13(2)27-19(24)10-14-7-8-18(26-3)17(21)9-14/h4-9,11,13H,10H2,1-3H3,(H,22,25)/t13-/m1/s1. The van der Waals surface area contributed by atoms with Crippen molar-refractivity contribution < 1.29 is 28.2 Å². The summed E-state index contributed by atoms with van der Waals surface area (Å²) >= 11 is 0. The summed E-state index contributed by atoms with van der Waals surface area (Å²) < 4.78 is 23.6. The van der Waals surface area contributed by atoms with Gasteiger partial charge in [-0.25, -0.2) is 4.39 Å². The Balaban J connectivity index is 1.93. The van der Waals surface area contributed by atoms with Crippen LogP contribution in [0, 0.1) is 5.82 Å². The van der Waals surface area contributed by atoms with Gasteiger partial charge in [-0.05, 0) is 43.7 Å². The summed E-state index contributed by atoms with van der Waals surface area (Å²) in [6.07, 6.45) is -1.24. The molecule has 0 bridgehead atoms. The van der Waals surface area contributed by atoms with Gasteiger partial charge in [0, 0.05) is 11.3 Å². The number of rotatable bonds is 7. The molecule has 27 heavy (non-hydrogen) atoms. The van der Waals surface area contributed by atoms with Crippen LogP contribution < -0.4 is 10.1 Å². The highest BCUT2D eigenvalue weighted by Gasteiger charge is 2.19. The Kier molecular flexibility index (Phi) is 6.65. The van der Waals surface area contributed by atoms with E-state index in [9.17, 15) is 18.8 Å². The maximum Gasteiger partial charge on any atom is 0.311 e. The van der Waals surface area contributed by atoms with E-state index < -0.39 is 23.8 Å². The first kappa shape index (κ1) is 20.1. The molecule has 2 aromatic carbocycles. The normalized spacial score (nSPS) is 11.4. The van der Waals surface area contributed by atoms with Crippen LogP contribution in [0.4, 0.5) is 10.1 Å². The van der Waals surface area contributed by atoms with Crippen molar-refractivity contribution in [3.63, 3.8) is 0 Å². The highest BCUT2D eigenvalue weighted by atomic mass is 19.1. The van der Waals surface area contributed by atoms with Crippen LogP contribution in [0.25, 0.3) is 0 Å². The van der Waals surface area contributed by atoms with E-state index in [0.29, 0.717) is 16.8 Å². The molecule has 0 radical (unpaired) electrons. The fourth-order valence-corrected chi connectivity index (χ4v) is 2.34. The molecule has 0 heterocycles. The summed E-state index contributed by atoms with van der Waals surface area (Å²) in [5.41, 5.74) is 1.28. The minimum Gasteiger partial charge on any atom is -0.494 e. The van der Waals surface area contributed by atoms with E-state index >= 15 is 0 Å². The van der Waals surface area contributed by atoms with Gasteiger partial charge in [-0.3, -0.25) is 14.4 Å². The molecule has 0 saturated heterocycles. The van der Waals surface area contributed by atoms with E-state index in [2.05, 4.69) is 5.32 Å². The third-order valence-electron chi connectivity index (χ3n) is 3.78. The smallest absolute Gasteiger partial charge is 0.311 e. The highest BCUT2D eigenvalue weighted by molar-refractivity contribution is 5.98. The van der Waals surface area contributed by atoms with E-state index in [1.807, 2.05) is 0 Å². The topological polar surface area (TPSA) is 81.7 Å². The summed E-state index contributed by atoms with van der Waals surface area (Å²) in [6, 6.07) is 10.6. The number of ether oxygens (including phenoxy) is 2. The molecule has 0 aliphatic heterocycles. The third kappa shape index (κ3) is 5.64. The number of ketones is 1. The van der Waals surface area contributed by atoms with Gasteiger partial charge in [0.25, 0.3) is 5.91 Å². The fourth-order valence-electron chi connectivity index (χ4n) is 2.34. The van der Waals surface area contributed by atoms with Crippen LogP contribution in [0.2, 0.25) is 0 Å². The van der Waals surface area contributed by atoms with Crippen LogP contribution in [0.5, 0.6) is 5.75 Å². The molecular formula is C20H20FNO5. The van der Waals surface area contributed by atoms with Crippen molar-refractivity contribution >= 4 is 23.3 Å². The lowest BCUT2D eigenvalue weighted by molar-refractivity contribution is -0.152. The first-order chi connectivity index (χ1) is 12.8. The van der Waals surface area contributed by atoms with E-state index in [1.54, 1.807) is 24.3 Å². The van der Waals surface area contributed by atoms with Gasteiger partial charge in [0.15, 0.2) is 23.5 Å². The zero-order chi connectivity index (χ0) is 20.0. The summed E-state index contributed by atoms with van der Waals surface area (Å²) in [6.45, 7) is 2.85. The second-order valence-corrected chi connectivity index (χ2v) is 5.90. The first-order valence-corrected chi connectivity index (χ1v) is 8.24. The number of benzene rings is 2. The molecule has 1 N–H and O–H groups in total.